The fourth-order valence-electron chi connectivity index (χ4n) is 1.98. The van der Waals surface area contributed by atoms with Crippen molar-refractivity contribution in [1.82, 2.24) is 0 Å². The molecule has 1 aliphatic heterocycles. The van der Waals surface area contributed by atoms with Crippen LogP contribution >= 0.6 is 0 Å². The molecule has 0 atom stereocenters. The molecule has 2 aromatic carbocycles. The van der Waals surface area contributed by atoms with Crippen molar-refractivity contribution < 1.29 is 18.3 Å². The number of hydrogen-bond acceptors (Lipinski definition) is 3. The second-order valence-corrected chi connectivity index (χ2v) is 4.27. The number of anilines is 1. The summed E-state index contributed by atoms with van der Waals surface area (Å²) in [6.07, 6.45) is 0.762. The van der Waals surface area contributed by atoms with Crippen LogP contribution in [0.3, 0.4) is 0 Å². The van der Waals surface area contributed by atoms with Gasteiger partial charge in [-0.15, -0.1) is 0 Å². The average Bonchev–Trinajstić information content (AvgIpc) is 2.80. The molecule has 0 fully saturated rings. The Kier molecular flexibility index (Phi) is 2.74. The van der Waals surface area contributed by atoms with Gasteiger partial charge in [-0.1, -0.05) is 0 Å². The standard InChI is InChI=1S/C14H11F2NO2/c15-9-1-2-12(10(16)6-9)19-14-5-8-3-4-18-13(8)7-11(14)17/h1-2,5-7H,3-4,17H2. The Hall–Kier alpha value is -2.30. The van der Waals surface area contributed by atoms with Crippen LogP contribution in [-0.4, -0.2) is 6.61 Å². The van der Waals surface area contributed by atoms with Crippen molar-refractivity contribution in [3.63, 3.8) is 0 Å². The van der Waals surface area contributed by atoms with Gasteiger partial charge in [-0.3, -0.25) is 0 Å². The van der Waals surface area contributed by atoms with E-state index in [9.17, 15) is 8.78 Å². The van der Waals surface area contributed by atoms with Gasteiger partial charge < -0.3 is 15.2 Å². The van der Waals surface area contributed by atoms with Crippen molar-refractivity contribution in [2.75, 3.05) is 12.3 Å². The van der Waals surface area contributed by atoms with Crippen molar-refractivity contribution in [2.24, 2.45) is 0 Å². The Labute approximate surface area is 108 Å². The zero-order valence-corrected chi connectivity index (χ0v) is 9.95. The Morgan fingerprint density at radius 1 is 1.11 bits per heavy atom. The first-order chi connectivity index (χ1) is 9.13. The van der Waals surface area contributed by atoms with Crippen molar-refractivity contribution in [2.45, 2.75) is 6.42 Å². The second-order valence-electron chi connectivity index (χ2n) is 4.27. The van der Waals surface area contributed by atoms with E-state index >= 15 is 0 Å². The van der Waals surface area contributed by atoms with E-state index < -0.39 is 11.6 Å². The topological polar surface area (TPSA) is 44.5 Å². The predicted molar refractivity (Wildman–Crippen MR) is 66.5 cm³/mol. The zero-order valence-electron chi connectivity index (χ0n) is 9.95. The minimum absolute atomic E-state index is 0.0630. The van der Waals surface area contributed by atoms with Crippen LogP contribution in [0.1, 0.15) is 5.56 Å². The van der Waals surface area contributed by atoms with Gasteiger partial charge in [0.1, 0.15) is 11.6 Å². The third-order valence-electron chi connectivity index (χ3n) is 2.94. The molecule has 3 nitrogen and oxygen atoms in total. The molecule has 0 aromatic heterocycles. The summed E-state index contributed by atoms with van der Waals surface area (Å²) in [6.45, 7) is 0.600. The maximum atomic E-state index is 13.5. The molecule has 3 rings (SSSR count). The second kappa shape index (κ2) is 4.42. The molecule has 5 heteroatoms. The summed E-state index contributed by atoms with van der Waals surface area (Å²) in [6, 6.07) is 6.50. The van der Waals surface area contributed by atoms with E-state index in [-0.39, 0.29) is 5.75 Å². The molecule has 0 saturated heterocycles. The molecule has 19 heavy (non-hydrogen) atoms. The molecule has 0 unspecified atom stereocenters. The highest BCUT2D eigenvalue weighted by Crippen LogP contribution is 2.37. The Balaban J connectivity index is 1.95. The Morgan fingerprint density at radius 3 is 2.74 bits per heavy atom. The van der Waals surface area contributed by atoms with E-state index in [0.717, 1.165) is 29.9 Å². The smallest absolute Gasteiger partial charge is 0.168 e. The molecule has 0 aliphatic carbocycles. The molecule has 98 valence electrons. The number of rotatable bonds is 2. The van der Waals surface area contributed by atoms with E-state index in [0.29, 0.717) is 18.0 Å². The first-order valence-electron chi connectivity index (χ1n) is 5.81. The van der Waals surface area contributed by atoms with Crippen LogP contribution in [0.15, 0.2) is 30.3 Å². The Morgan fingerprint density at radius 2 is 1.95 bits per heavy atom. The minimum atomic E-state index is -0.767. The highest BCUT2D eigenvalue weighted by Gasteiger charge is 2.16. The SMILES string of the molecule is Nc1cc2c(cc1Oc1ccc(F)cc1F)CCO2. The minimum Gasteiger partial charge on any atom is -0.493 e. The van der Waals surface area contributed by atoms with Crippen LogP contribution in [0.4, 0.5) is 14.5 Å². The first kappa shape index (κ1) is 11.8. The third-order valence-corrected chi connectivity index (χ3v) is 2.94. The Bertz CT molecular complexity index is 644. The molecule has 0 spiro atoms. The molecule has 0 saturated carbocycles. The summed E-state index contributed by atoms with van der Waals surface area (Å²) >= 11 is 0. The first-order valence-corrected chi connectivity index (χ1v) is 5.81. The molecular weight excluding hydrogens is 252 g/mol. The average molecular weight is 263 g/mol. The van der Waals surface area contributed by atoms with Gasteiger partial charge in [-0.05, 0) is 18.2 Å². The van der Waals surface area contributed by atoms with Gasteiger partial charge in [0.25, 0.3) is 0 Å². The zero-order chi connectivity index (χ0) is 13.4. The largest absolute Gasteiger partial charge is 0.493 e. The number of hydrogen-bond donors (Lipinski definition) is 1. The highest BCUT2D eigenvalue weighted by atomic mass is 19.1. The highest BCUT2D eigenvalue weighted by molar-refractivity contribution is 5.61. The normalized spacial score (nSPS) is 12.9. The maximum Gasteiger partial charge on any atom is 0.168 e. The molecule has 0 bridgehead atoms. The summed E-state index contributed by atoms with van der Waals surface area (Å²) < 4.78 is 37.1. The maximum absolute atomic E-state index is 13.5. The van der Waals surface area contributed by atoms with Crippen LogP contribution in [-0.2, 0) is 6.42 Å². The van der Waals surface area contributed by atoms with Crippen molar-refractivity contribution in [3.8, 4) is 17.2 Å². The number of fused-ring (bicyclic) bond motifs is 1. The molecule has 0 radical (unpaired) electrons. The van der Waals surface area contributed by atoms with Crippen LogP contribution < -0.4 is 15.2 Å². The van der Waals surface area contributed by atoms with E-state index in [2.05, 4.69) is 0 Å². The number of nitrogens with two attached hydrogens (primary N) is 1. The van der Waals surface area contributed by atoms with Crippen LogP contribution in [0.5, 0.6) is 17.2 Å². The lowest BCUT2D eigenvalue weighted by atomic mass is 10.1. The fourth-order valence-corrected chi connectivity index (χ4v) is 1.98. The van der Waals surface area contributed by atoms with Crippen LogP contribution in [0, 0.1) is 11.6 Å². The summed E-state index contributed by atoms with van der Waals surface area (Å²) in [5.74, 6) is -0.414. The van der Waals surface area contributed by atoms with E-state index in [4.69, 9.17) is 15.2 Å². The van der Waals surface area contributed by atoms with Gasteiger partial charge in [-0.25, -0.2) is 8.78 Å². The summed E-state index contributed by atoms with van der Waals surface area (Å²) in [5, 5.41) is 0. The van der Waals surface area contributed by atoms with Crippen molar-refractivity contribution in [1.29, 1.82) is 0 Å². The van der Waals surface area contributed by atoms with Gasteiger partial charge >= 0.3 is 0 Å². The molecule has 2 N–H and O–H groups in total. The van der Waals surface area contributed by atoms with Gasteiger partial charge in [0.05, 0.1) is 12.3 Å². The van der Waals surface area contributed by atoms with Gasteiger partial charge in [0.15, 0.2) is 17.3 Å². The number of nitrogen functional groups attached to an aromatic ring is 1. The fraction of sp³-hybridized carbons (Fsp3) is 0.143. The van der Waals surface area contributed by atoms with E-state index in [1.54, 1.807) is 12.1 Å². The third kappa shape index (κ3) is 2.19. The number of ether oxygens (including phenoxy) is 2. The van der Waals surface area contributed by atoms with Gasteiger partial charge in [0.2, 0.25) is 0 Å². The predicted octanol–water partition coefficient (Wildman–Crippen LogP) is 3.27. The lowest BCUT2D eigenvalue weighted by Crippen LogP contribution is -1.95. The molecule has 2 aromatic rings. The molecule has 0 amide bonds. The molecule has 1 heterocycles. The van der Waals surface area contributed by atoms with Gasteiger partial charge in [-0.2, -0.15) is 0 Å². The van der Waals surface area contributed by atoms with Crippen molar-refractivity contribution in [3.05, 3.63) is 47.5 Å². The van der Waals surface area contributed by atoms with E-state index in [1.807, 2.05) is 0 Å². The number of benzene rings is 2. The van der Waals surface area contributed by atoms with Crippen LogP contribution in [0.2, 0.25) is 0 Å². The molecular formula is C14H11F2NO2. The summed E-state index contributed by atoms with van der Waals surface area (Å²) in [4.78, 5) is 0. The lowest BCUT2D eigenvalue weighted by molar-refractivity contribution is 0.357. The van der Waals surface area contributed by atoms with Crippen molar-refractivity contribution >= 4 is 5.69 Å². The number of halogens is 2. The van der Waals surface area contributed by atoms with Gasteiger partial charge in [0, 0.05) is 24.1 Å². The van der Waals surface area contributed by atoms with Crippen LogP contribution in [0.25, 0.3) is 0 Å². The molecule has 1 aliphatic rings. The summed E-state index contributed by atoms with van der Waals surface area (Å²) in [5.41, 5.74) is 7.14. The monoisotopic (exact) mass is 263 g/mol. The van der Waals surface area contributed by atoms with E-state index in [1.165, 1.54) is 6.07 Å². The quantitative estimate of drug-likeness (QED) is 0.846. The lowest BCUT2D eigenvalue weighted by Gasteiger charge is -2.11. The summed E-state index contributed by atoms with van der Waals surface area (Å²) in [7, 11) is 0.